The summed E-state index contributed by atoms with van der Waals surface area (Å²) in [4.78, 5) is 145. The molecule has 1 heterocycles. The van der Waals surface area contributed by atoms with Crippen LogP contribution in [0.1, 0.15) is 134 Å². The SMILES string of the molecule is CC(=O)CCP(O)CN1CCN(CP(O)CCC(=O)NC(CCC(=O)O)C(=O)OC(C)(C)C)CCN(CP(=O)(O)CCC(=O)NC(CCC(=O)O)C(=O)OC(C)(C)C)CC1.CC(CCC(=O)O)C(=O)OC(C)(C)C. The number of carboxylic acid groups (broad SMARTS) is 3. The van der Waals surface area contributed by atoms with Crippen LogP contribution in [0.2, 0.25) is 0 Å². The van der Waals surface area contributed by atoms with Crippen LogP contribution in [0.3, 0.4) is 0 Å². The summed E-state index contributed by atoms with van der Waals surface area (Å²) in [5.74, 6) is -6.81. The normalized spacial score (nSPS) is 17.1. The summed E-state index contributed by atoms with van der Waals surface area (Å²) in [6.45, 7) is 20.6. The molecule has 0 bridgehead atoms. The van der Waals surface area contributed by atoms with E-state index in [-0.39, 0.29) is 81.2 Å². The van der Waals surface area contributed by atoms with Crippen molar-refractivity contribution in [3.8, 4) is 0 Å². The van der Waals surface area contributed by atoms with Crippen LogP contribution in [-0.4, -0.2) is 204 Å². The van der Waals surface area contributed by atoms with Crippen molar-refractivity contribution in [1.82, 2.24) is 25.3 Å². The van der Waals surface area contributed by atoms with Crippen LogP contribution in [0.4, 0.5) is 0 Å². The van der Waals surface area contributed by atoms with Crippen molar-refractivity contribution in [3.63, 3.8) is 0 Å². The summed E-state index contributed by atoms with van der Waals surface area (Å²) in [5, 5.41) is 31.6. The van der Waals surface area contributed by atoms with Gasteiger partial charge in [0.1, 0.15) is 34.7 Å². The second-order valence-electron chi connectivity index (χ2n) is 21.3. The van der Waals surface area contributed by atoms with Crippen LogP contribution in [0.5, 0.6) is 0 Å². The largest absolute Gasteiger partial charge is 0.481 e. The molecule has 0 aromatic rings. The van der Waals surface area contributed by atoms with Gasteiger partial charge in [-0.2, -0.15) is 0 Å². The van der Waals surface area contributed by atoms with Gasteiger partial charge in [-0.3, -0.25) is 48.0 Å². The Balaban J connectivity index is 0.00000329. The highest BCUT2D eigenvalue weighted by atomic mass is 31.2. The lowest BCUT2D eigenvalue weighted by molar-refractivity contribution is -0.160. The smallest absolute Gasteiger partial charge is 0.329 e. The van der Waals surface area contributed by atoms with Gasteiger partial charge in [0, 0.05) is 119 Å². The number of hydrogen-bond donors (Lipinski definition) is 8. The summed E-state index contributed by atoms with van der Waals surface area (Å²) in [7, 11) is -7.26. The summed E-state index contributed by atoms with van der Waals surface area (Å²) < 4.78 is 29.3. The highest BCUT2D eigenvalue weighted by Crippen LogP contribution is 2.42. The maximum atomic E-state index is 13.5. The van der Waals surface area contributed by atoms with E-state index in [0.717, 1.165) is 0 Å². The molecule has 1 rings (SSSR count). The number of Topliss-reactive ketones (excluding diaryl/α,β-unsaturated/α-hetero) is 1. The van der Waals surface area contributed by atoms with Crippen molar-refractivity contribution in [2.75, 3.05) is 76.6 Å². The molecule has 428 valence electrons. The lowest BCUT2D eigenvalue weighted by Crippen LogP contribution is -2.44. The molecule has 0 radical (unpaired) electrons. The second-order valence-corrected chi connectivity index (χ2v) is 27.2. The summed E-state index contributed by atoms with van der Waals surface area (Å²) in [5.41, 5.74) is -2.27. The molecule has 1 aliphatic rings. The zero-order valence-corrected chi connectivity index (χ0v) is 47.9. The van der Waals surface area contributed by atoms with E-state index in [0.29, 0.717) is 51.9 Å². The fourth-order valence-electron chi connectivity index (χ4n) is 6.56. The van der Waals surface area contributed by atoms with Crippen molar-refractivity contribution in [2.45, 2.75) is 163 Å². The van der Waals surface area contributed by atoms with Crippen LogP contribution in [0, 0.1) is 5.92 Å². The van der Waals surface area contributed by atoms with Crippen LogP contribution >= 0.6 is 23.7 Å². The standard InChI is InChI=1S/C37H68N5O15P3.C10H18O4/c1-27(43)12-21-58(52)24-40-15-16-41(25-59(53)22-13-30(44)38-28(8-10-32(46)47)34(50)56-36(2,3)4)18-20-42(19-17-40)26-60(54,55)23-14-31(45)39-29(9-11-33(48)49)35(51)57-37(5,6)7;1-7(5-6-8(11)12)9(13)14-10(2,3)4/h28-29,52-53H,8-26H2,1-7H3,(H,38,44)(H,39,45)(H,46,47)(H,48,49)(H,54,55);7H,5-6H2,1-4H3,(H,11,12). The molecule has 24 nitrogen and oxygen atoms in total. The number of ether oxygens (including phenoxy) is 3. The van der Waals surface area contributed by atoms with Gasteiger partial charge in [0.2, 0.25) is 19.2 Å². The van der Waals surface area contributed by atoms with E-state index >= 15 is 0 Å². The number of rotatable bonds is 29. The number of carbonyl (C=O) groups is 9. The maximum Gasteiger partial charge on any atom is 0.329 e. The van der Waals surface area contributed by atoms with Gasteiger partial charge < -0.3 is 59.6 Å². The molecule has 8 N–H and O–H groups in total. The van der Waals surface area contributed by atoms with E-state index in [2.05, 4.69) is 10.6 Å². The van der Waals surface area contributed by atoms with Gasteiger partial charge in [0.05, 0.1) is 12.2 Å². The molecule has 1 saturated heterocycles. The van der Waals surface area contributed by atoms with Crippen LogP contribution in [0.15, 0.2) is 0 Å². The predicted octanol–water partition coefficient (Wildman–Crippen LogP) is 3.80. The number of carbonyl (C=O) groups excluding carboxylic acids is 6. The van der Waals surface area contributed by atoms with Crippen LogP contribution in [0.25, 0.3) is 0 Å². The molecule has 6 atom stereocenters. The molecule has 1 fully saturated rings. The van der Waals surface area contributed by atoms with Gasteiger partial charge in [-0.25, -0.2) is 9.59 Å². The molecule has 6 unspecified atom stereocenters. The first-order valence-electron chi connectivity index (χ1n) is 24.6. The Bertz CT molecular complexity index is 1890. The molecule has 0 aromatic heterocycles. The number of ketones is 1. The summed E-state index contributed by atoms with van der Waals surface area (Å²) in [6, 6.07) is -2.45. The van der Waals surface area contributed by atoms with Gasteiger partial charge in [-0.05, 0) is 94.7 Å². The number of amides is 2. The van der Waals surface area contributed by atoms with E-state index in [1.807, 2.05) is 9.80 Å². The Morgan fingerprint density at radius 2 is 0.878 bits per heavy atom. The highest BCUT2D eigenvalue weighted by molar-refractivity contribution is 7.57. The molecular weight excluding hydrogens is 1030 g/mol. The van der Waals surface area contributed by atoms with Crippen LogP contribution < -0.4 is 10.6 Å². The zero-order chi connectivity index (χ0) is 57.2. The molecule has 0 aromatic carbocycles. The number of hydrogen-bond acceptors (Lipinski definition) is 18. The van der Waals surface area contributed by atoms with Crippen molar-refractivity contribution in [2.24, 2.45) is 5.92 Å². The fraction of sp³-hybridized carbons (Fsp3) is 0.809. The first kappa shape index (κ1) is 70.3. The van der Waals surface area contributed by atoms with E-state index < -0.39 is 113 Å². The lowest BCUT2D eigenvalue weighted by atomic mass is 10.1. The van der Waals surface area contributed by atoms with Gasteiger partial charge in [-0.1, -0.05) is 6.92 Å². The molecule has 0 saturated carbocycles. The first-order valence-corrected chi connectivity index (χ1v) is 30.0. The number of carboxylic acids is 3. The lowest BCUT2D eigenvalue weighted by Gasteiger charge is -2.28. The summed E-state index contributed by atoms with van der Waals surface area (Å²) >= 11 is 0. The monoisotopic (exact) mass is 1120 g/mol. The van der Waals surface area contributed by atoms with Crippen LogP contribution in [-0.2, 0) is 61.9 Å². The summed E-state index contributed by atoms with van der Waals surface area (Å²) in [6.07, 6.45) is -1.07. The number of nitrogens with zero attached hydrogens (tertiary/aromatic N) is 3. The number of esters is 3. The molecular formula is C47H86N5O19P3. The molecule has 74 heavy (non-hydrogen) atoms. The van der Waals surface area contributed by atoms with E-state index in [1.165, 1.54) is 6.92 Å². The minimum atomic E-state index is -3.99. The Morgan fingerprint density at radius 1 is 0.541 bits per heavy atom. The number of nitrogens with one attached hydrogen (secondary N) is 2. The van der Waals surface area contributed by atoms with Gasteiger partial charge in [0.25, 0.3) is 0 Å². The third-order valence-corrected chi connectivity index (χ3v) is 15.0. The van der Waals surface area contributed by atoms with E-state index in [9.17, 15) is 62.4 Å². The minimum Gasteiger partial charge on any atom is -0.481 e. The molecule has 2 amide bonds. The van der Waals surface area contributed by atoms with E-state index in [4.69, 9.17) is 29.5 Å². The maximum absolute atomic E-state index is 13.5. The average Bonchev–Trinajstić information content (AvgIpc) is 3.32. The quantitative estimate of drug-likeness (QED) is 0.0300. The van der Waals surface area contributed by atoms with Gasteiger partial charge in [0.15, 0.2) is 0 Å². The second kappa shape index (κ2) is 34.1. The highest BCUT2D eigenvalue weighted by Gasteiger charge is 2.32. The minimum absolute atomic E-state index is 0.000406. The first-order chi connectivity index (χ1) is 33.8. The third kappa shape index (κ3) is 37.9. The van der Waals surface area contributed by atoms with Crippen molar-refractivity contribution < 1.29 is 91.9 Å². The van der Waals surface area contributed by atoms with E-state index in [1.54, 1.807) is 74.1 Å². The predicted molar refractivity (Wildman–Crippen MR) is 278 cm³/mol. The van der Waals surface area contributed by atoms with Crippen molar-refractivity contribution in [3.05, 3.63) is 0 Å². The molecule has 1 aliphatic heterocycles. The zero-order valence-electron chi connectivity index (χ0n) is 45.3. The molecule has 0 spiro atoms. The Kier molecular flexibility index (Phi) is 32.4. The molecule has 27 heteroatoms. The number of aliphatic carboxylic acids is 3. The topological polar surface area (TPSA) is 354 Å². The van der Waals surface area contributed by atoms with Crippen molar-refractivity contribution >= 4 is 77.1 Å². The van der Waals surface area contributed by atoms with Crippen molar-refractivity contribution in [1.29, 1.82) is 0 Å². The van der Waals surface area contributed by atoms with Gasteiger partial charge in [-0.15, -0.1) is 0 Å². The average molecular weight is 1120 g/mol. The third-order valence-electron chi connectivity index (χ3n) is 10.3. The van der Waals surface area contributed by atoms with Gasteiger partial charge >= 0.3 is 35.8 Å². The Hall–Kier alpha value is -3.72. The Labute approximate surface area is 438 Å². The molecule has 0 aliphatic carbocycles. The fourth-order valence-corrected chi connectivity index (χ4v) is 11.0. The Morgan fingerprint density at radius 3 is 1.24 bits per heavy atom.